The zero-order valence-electron chi connectivity index (χ0n) is 23.6. The van der Waals surface area contributed by atoms with E-state index in [1.54, 1.807) is 31.2 Å². The summed E-state index contributed by atoms with van der Waals surface area (Å²) in [6, 6.07) is 22.5. The minimum atomic E-state index is -0.469. The van der Waals surface area contributed by atoms with Crippen LogP contribution in [0, 0.1) is 6.92 Å². The molecule has 216 valence electrons. The van der Waals surface area contributed by atoms with Gasteiger partial charge in [-0.1, -0.05) is 35.9 Å². The first kappa shape index (κ1) is 31.0. The quantitative estimate of drug-likeness (QED) is 0.0712. The van der Waals surface area contributed by atoms with Crippen LogP contribution >= 0.6 is 35.3 Å². The van der Waals surface area contributed by atoms with Crippen molar-refractivity contribution in [2.45, 2.75) is 37.8 Å². The summed E-state index contributed by atoms with van der Waals surface area (Å²) < 4.78 is 5.32. The van der Waals surface area contributed by atoms with Crippen molar-refractivity contribution in [1.29, 1.82) is 0 Å². The van der Waals surface area contributed by atoms with E-state index in [1.807, 2.05) is 67.8 Å². The highest BCUT2D eigenvalue weighted by Crippen LogP contribution is 2.37. The number of carbonyl (C=O) groups is 3. The molecule has 1 aromatic heterocycles. The van der Waals surface area contributed by atoms with Crippen LogP contribution in [-0.2, 0) is 9.53 Å². The van der Waals surface area contributed by atoms with Crippen molar-refractivity contribution >= 4 is 74.5 Å². The molecule has 0 bridgehead atoms. The molecule has 4 aromatic rings. The van der Waals surface area contributed by atoms with E-state index in [2.05, 4.69) is 16.0 Å². The average Bonchev–Trinajstić information content (AvgIpc) is 3.37. The highest BCUT2D eigenvalue weighted by molar-refractivity contribution is 8.00. The number of hydrogen-bond donors (Lipinski definition) is 3. The first-order valence-electron chi connectivity index (χ1n) is 13.3. The van der Waals surface area contributed by atoms with Gasteiger partial charge in [0.05, 0.1) is 11.9 Å². The number of amides is 1. The monoisotopic (exact) mass is 617 g/mol. The Kier molecular flexibility index (Phi) is 10.5. The fourth-order valence-electron chi connectivity index (χ4n) is 4.00. The highest BCUT2D eigenvalue weighted by atomic mass is 32.2. The van der Waals surface area contributed by atoms with Gasteiger partial charge in [-0.15, -0.1) is 23.1 Å². The number of carbonyl (C=O) groups excluding carboxylic acids is 3. The number of thiocarbonyl (C=S) groups is 1. The highest BCUT2D eigenvalue weighted by Gasteiger charge is 2.24. The minimum absolute atomic E-state index is 0.00121. The summed E-state index contributed by atoms with van der Waals surface area (Å²) in [7, 11) is 0. The minimum Gasteiger partial charge on any atom is -0.462 e. The van der Waals surface area contributed by atoms with Crippen LogP contribution in [0.3, 0.4) is 0 Å². The summed E-state index contributed by atoms with van der Waals surface area (Å²) in [6.07, 6.45) is 0. The Bertz CT molecular complexity index is 1600. The van der Waals surface area contributed by atoms with E-state index in [-0.39, 0.29) is 18.3 Å². The predicted molar refractivity (Wildman–Crippen MR) is 177 cm³/mol. The lowest BCUT2D eigenvalue weighted by atomic mass is 10.0. The lowest BCUT2D eigenvalue weighted by Gasteiger charge is -2.14. The van der Waals surface area contributed by atoms with Gasteiger partial charge < -0.3 is 20.7 Å². The van der Waals surface area contributed by atoms with Gasteiger partial charge in [-0.3, -0.25) is 9.59 Å². The van der Waals surface area contributed by atoms with E-state index in [0.29, 0.717) is 21.2 Å². The second kappa shape index (κ2) is 14.3. The van der Waals surface area contributed by atoms with Gasteiger partial charge in [-0.2, -0.15) is 0 Å². The summed E-state index contributed by atoms with van der Waals surface area (Å²) in [6.45, 7) is 7.33. The molecule has 3 N–H and O–H groups in total. The standard InChI is InChI=1S/C32H31N3O4S3/c1-5-39-31(38)28-27(23-11-9-19(2)10-12-23)18-41-30(28)35-29(37)21(4)42-26-8-6-7-25(17-26)34-32(40)33-24-15-13-22(14-16-24)20(3)36/h6-18,21H,5H2,1-4H3,(H,35,37)(H2,33,34,40). The molecule has 0 saturated carbocycles. The zero-order valence-corrected chi connectivity index (χ0v) is 26.1. The number of ether oxygens (including phenoxy) is 1. The van der Waals surface area contributed by atoms with Crippen molar-refractivity contribution in [3.8, 4) is 11.1 Å². The van der Waals surface area contributed by atoms with Gasteiger partial charge in [0, 0.05) is 32.8 Å². The van der Waals surface area contributed by atoms with Crippen molar-refractivity contribution in [3.05, 3.63) is 94.9 Å². The Labute approximate surface area is 259 Å². The smallest absolute Gasteiger partial charge is 0.341 e. The van der Waals surface area contributed by atoms with Crippen LogP contribution in [0.5, 0.6) is 0 Å². The molecular formula is C32H31N3O4S3. The van der Waals surface area contributed by atoms with Crippen LogP contribution in [0.4, 0.5) is 16.4 Å². The number of thioether (sulfide) groups is 1. The molecule has 0 fully saturated rings. The molecule has 10 heteroatoms. The first-order valence-corrected chi connectivity index (χ1v) is 15.4. The second-order valence-corrected chi connectivity index (χ2v) is 12.1. The molecule has 0 aliphatic heterocycles. The van der Waals surface area contributed by atoms with E-state index in [1.165, 1.54) is 30.0 Å². The second-order valence-electron chi connectivity index (χ2n) is 9.43. The molecule has 0 aliphatic rings. The van der Waals surface area contributed by atoms with Crippen LogP contribution in [0.2, 0.25) is 0 Å². The molecule has 3 aromatic carbocycles. The third-order valence-electron chi connectivity index (χ3n) is 6.19. The van der Waals surface area contributed by atoms with Gasteiger partial charge in [-0.25, -0.2) is 4.79 Å². The molecule has 1 amide bonds. The lowest BCUT2D eigenvalue weighted by Crippen LogP contribution is -2.23. The van der Waals surface area contributed by atoms with Gasteiger partial charge in [-0.05, 0) is 87.9 Å². The molecule has 0 aliphatic carbocycles. The summed E-state index contributed by atoms with van der Waals surface area (Å²) in [5.74, 6) is -0.697. The number of hydrogen-bond acceptors (Lipinski definition) is 7. The molecule has 0 radical (unpaired) electrons. The van der Waals surface area contributed by atoms with E-state index < -0.39 is 11.2 Å². The molecule has 1 unspecified atom stereocenters. The Balaban J connectivity index is 1.41. The maximum Gasteiger partial charge on any atom is 0.341 e. The van der Waals surface area contributed by atoms with Crippen molar-refractivity contribution in [2.24, 2.45) is 0 Å². The SMILES string of the molecule is CCOC(=O)c1c(-c2ccc(C)cc2)csc1NC(=O)C(C)Sc1cccc(NC(=S)Nc2ccc(C(C)=O)cc2)c1. The molecule has 0 spiro atoms. The number of nitrogens with one attached hydrogen (secondary N) is 3. The van der Waals surface area contributed by atoms with Gasteiger partial charge in [0.15, 0.2) is 10.9 Å². The third-order valence-corrected chi connectivity index (χ3v) is 8.39. The Morgan fingerprint density at radius 1 is 0.952 bits per heavy atom. The molecule has 42 heavy (non-hydrogen) atoms. The van der Waals surface area contributed by atoms with E-state index in [4.69, 9.17) is 17.0 Å². The molecule has 0 saturated heterocycles. The van der Waals surface area contributed by atoms with Gasteiger partial charge >= 0.3 is 5.97 Å². The van der Waals surface area contributed by atoms with Gasteiger partial charge in [0.1, 0.15) is 10.6 Å². The summed E-state index contributed by atoms with van der Waals surface area (Å²) in [5.41, 5.74) is 5.24. The molecule has 1 atom stereocenters. The first-order chi connectivity index (χ1) is 20.1. The van der Waals surface area contributed by atoms with Gasteiger partial charge in [0.25, 0.3) is 0 Å². The van der Waals surface area contributed by atoms with Gasteiger partial charge in [0.2, 0.25) is 5.91 Å². The topological polar surface area (TPSA) is 96.5 Å². The van der Waals surface area contributed by atoms with Crippen LogP contribution in [0.15, 0.2) is 83.1 Å². The zero-order chi connectivity index (χ0) is 30.2. The number of esters is 1. The Hall–Kier alpha value is -3.99. The number of thiophene rings is 1. The summed E-state index contributed by atoms with van der Waals surface area (Å²) in [4.78, 5) is 38.5. The summed E-state index contributed by atoms with van der Waals surface area (Å²) >= 11 is 8.14. The normalized spacial score (nSPS) is 11.3. The molecular weight excluding hydrogens is 587 g/mol. The van der Waals surface area contributed by atoms with E-state index in [9.17, 15) is 14.4 Å². The average molecular weight is 618 g/mol. The number of Topliss-reactive ketones (excluding diaryl/α,β-unsaturated/α-hetero) is 1. The lowest BCUT2D eigenvalue weighted by molar-refractivity contribution is -0.115. The summed E-state index contributed by atoms with van der Waals surface area (Å²) in [5, 5.41) is 11.5. The fraction of sp³-hybridized carbons (Fsp3) is 0.188. The van der Waals surface area contributed by atoms with Crippen LogP contribution < -0.4 is 16.0 Å². The van der Waals surface area contributed by atoms with Crippen molar-refractivity contribution in [3.63, 3.8) is 0 Å². The maximum absolute atomic E-state index is 13.2. The maximum atomic E-state index is 13.2. The van der Waals surface area contributed by atoms with Crippen LogP contribution in [0.1, 0.15) is 47.1 Å². The van der Waals surface area contributed by atoms with E-state index in [0.717, 1.165) is 33.0 Å². The van der Waals surface area contributed by atoms with E-state index >= 15 is 0 Å². The van der Waals surface area contributed by atoms with Crippen LogP contribution in [0.25, 0.3) is 11.1 Å². The Morgan fingerprint density at radius 3 is 2.31 bits per heavy atom. The molecule has 4 rings (SSSR count). The fourth-order valence-corrected chi connectivity index (χ4v) is 6.12. The van der Waals surface area contributed by atoms with Crippen molar-refractivity contribution < 1.29 is 19.1 Å². The number of aryl methyl sites for hydroxylation is 1. The van der Waals surface area contributed by atoms with Crippen molar-refractivity contribution in [2.75, 3.05) is 22.6 Å². The van der Waals surface area contributed by atoms with Crippen LogP contribution in [-0.4, -0.2) is 34.6 Å². The Morgan fingerprint density at radius 2 is 1.64 bits per heavy atom. The van der Waals surface area contributed by atoms with Crippen molar-refractivity contribution in [1.82, 2.24) is 0 Å². The third kappa shape index (κ3) is 8.06. The predicted octanol–water partition coefficient (Wildman–Crippen LogP) is 8.03. The molecule has 1 heterocycles. The number of benzene rings is 3. The largest absolute Gasteiger partial charge is 0.462 e. The number of rotatable bonds is 10. The number of anilines is 3. The molecule has 7 nitrogen and oxygen atoms in total. The number of ketones is 1.